The average Bonchev–Trinajstić information content (AvgIpc) is 2.70. The maximum absolute atomic E-state index is 12.0. The smallest absolute Gasteiger partial charge is 0.319 e. The van der Waals surface area contributed by atoms with Gasteiger partial charge in [-0.05, 0) is 12.8 Å². The number of ether oxygens (including phenoxy) is 2. The van der Waals surface area contributed by atoms with E-state index >= 15 is 0 Å². The van der Waals surface area contributed by atoms with E-state index in [0.717, 1.165) is 12.8 Å². The number of fused-ring (bicyclic) bond motifs is 1. The van der Waals surface area contributed by atoms with Gasteiger partial charge in [-0.1, -0.05) is 0 Å². The predicted molar refractivity (Wildman–Crippen MR) is 59.3 cm³/mol. The highest BCUT2D eigenvalue weighted by molar-refractivity contribution is 5.74. The van der Waals surface area contributed by atoms with Crippen molar-refractivity contribution in [3.63, 3.8) is 0 Å². The number of hydrogen-bond donors (Lipinski definition) is 0. The van der Waals surface area contributed by atoms with Crippen LogP contribution in [-0.4, -0.2) is 68.4 Å². The molecule has 2 rings (SSSR count). The minimum absolute atomic E-state index is 0.0580. The summed E-state index contributed by atoms with van der Waals surface area (Å²) in [6.45, 7) is 1.30. The van der Waals surface area contributed by atoms with Crippen LogP contribution >= 0.6 is 0 Å². The van der Waals surface area contributed by atoms with Crippen LogP contribution in [0.2, 0.25) is 0 Å². The van der Waals surface area contributed by atoms with Crippen LogP contribution in [0.4, 0.5) is 4.79 Å². The van der Waals surface area contributed by atoms with Gasteiger partial charge >= 0.3 is 6.03 Å². The van der Waals surface area contributed by atoms with Crippen molar-refractivity contribution < 1.29 is 14.3 Å². The Morgan fingerprint density at radius 2 is 2.19 bits per heavy atom. The molecule has 0 bridgehead atoms. The van der Waals surface area contributed by atoms with E-state index in [1.165, 1.54) is 0 Å². The summed E-state index contributed by atoms with van der Waals surface area (Å²) in [6, 6.07) is 0.267. The SMILES string of the molecule is CO[C@@H]1CC[C@H]2[C@H]1OCCN2C(=O)N(C)C. The van der Waals surface area contributed by atoms with Crippen LogP contribution in [0.15, 0.2) is 0 Å². The molecule has 0 aromatic heterocycles. The fourth-order valence-corrected chi connectivity index (χ4v) is 2.66. The van der Waals surface area contributed by atoms with Gasteiger partial charge in [0, 0.05) is 27.7 Å². The predicted octanol–water partition coefficient (Wildman–Crippen LogP) is 0.546. The Morgan fingerprint density at radius 1 is 1.44 bits per heavy atom. The zero-order valence-electron chi connectivity index (χ0n) is 10.2. The van der Waals surface area contributed by atoms with Crippen LogP contribution in [0.25, 0.3) is 0 Å². The highest BCUT2D eigenvalue weighted by Crippen LogP contribution is 2.32. The van der Waals surface area contributed by atoms with Crippen LogP contribution in [-0.2, 0) is 9.47 Å². The molecule has 2 fully saturated rings. The maximum Gasteiger partial charge on any atom is 0.319 e. The van der Waals surface area contributed by atoms with E-state index in [1.807, 2.05) is 4.90 Å². The van der Waals surface area contributed by atoms with Crippen LogP contribution in [0.5, 0.6) is 0 Å². The summed E-state index contributed by atoms with van der Waals surface area (Å²) in [5, 5.41) is 0. The molecule has 5 nitrogen and oxygen atoms in total. The average molecular weight is 228 g/mol. The topological polar surface area (TPSA) is 42.0 Å². The second-order valence-electron chi connectivity index (χ2n) is 4.62. The fraction of sp³-hybridized carbons (Fsp3) is 0.909. The molecule has 16 heavy (non-hydrogen) atoms. The van der Waals surface area contributed by atoms with E-state index in [0.29, 0.717) is 13.2 Å². The zero-order valence-corrected chi connectivity index (χ0v) is 10.2. The van der Waals surface area contributed by atoms with Crippen molar-refractivity contribution in [2.45, 2.75) is 31.1 Å². The first-order valence-corrected chi connectivity index (χ1v) is 5.77. The molecule has 0 N–H and O–H groups in total. The van der Waals surface area contributed by atoms with E-state index < -0.39 is 0 Å². The summed E-state index contributed by atoms with van der Waals surface area (Å²) < 4.78 is 11.1. The van der Waals surface area contributed by atoms with Crippen molar-refractivity contribution in [3.05, 3.63) is 0 Å². The lowest BCUT2D eigenvalue weighted by Crippen LogP contribution is -2.56. The van der Waals surface area contributed by atoms with Gasteiger partial charge in [-0.25, -0.2) is 4.79 Å². The van der Waals surface area contributed by atoms with Gasteiger partial charge in [0.05, 0.1) is 18.8 Å². The summed E-state index contributed by atoms with van der Waals surface area (Å²) in [6.07, 6.45) is 2.15. The van der Waals surface area contributed by atoms with Gasteiger partial charge in [0.15, 0.2) is 0 Å². The van der Waals surface area contributed by atoms with E-state index in [1.54, 1.807) is 26.1 Å². The molecule has 2 aliphatic rings. The monoisotopic (exact) mass is 228 g/mol. The Balaban J connectivity index is 2.08. The molecule has 5 heteroatoms. The molecule has 0 aromatic carbocycles. The van der Waals surface area contributed by atoms with Gasteiger partial charge in [-0.15, -0.1) is 0 Å². The molecule has 0 unspecified atom stereocenters. The summed E-state index contributed by atoms with van der Waals surface area (Å²) in [5.41, 5.74) is 0. The van der Waals surface area contributed by atoms with E-state index in [4.69, 9.17) is 9.47 Å². The standard InChI is InChI=1S/C11H20N2O3/c1-12(2)11(14)13-6-7-16-10-8(13)4-5-9(10)15-3/h8-10H,4-7H2,1-3H3/t8-,9+,10+/m0/s1. The number of methoxy groups -OCH3 is 1. The Bertz CT molecular complexity index is 270. The van der Waals surface area contributed by atoms with E-state index in [9.17, 15) is 4.79 Å². The lowest BCUT2D eigenvalue weighted by Gasteiger charge is -2.39. The Morgan fingerprint density at radius 3 is 2.81 bits per heavy atom. The van der Waals surface area contributed by atoms with E-state index in [2.05, 4.69) is 0 Å². The van der Waals surface area contributed by atoms with Crippen molar-refractivity contribution in [1.29, 1.82) is 0 Å². The number of nitrogens with zero attached hydrogens (tertiary/aromatic N) is 2. The van der Waals surface area contributed by atoms with Crippen LogP contribution < -0.4 is 0 Å². The maximum atomic E-state index is 12.0. The first kappa shape index (κ1) is 11.7. The second-order valence-corrected chi connectivity index (χ2v) is 4.62. The van der Waals surface area contributed by atoms with Crippen molar-refractivity contribution in [1.82, 2.24) is 9.80 Å². The van der Waals surface area contributed by atoms with Crippen molar-refractivity contribution >= 4 is 6.03 Å². The molecule has 1 aliphatic heterocycles. The number of carbonyl (C=O) groups is 1. The summed E-state index contributed by atoms with van der Waals surface area (Å²) >= 11 is 0. The first-order chi connectivity index (χ1) is 7.65. The number of hydrogen-bond acceptors (Lipinski definition) is 3. The van der Waals surface area contributed by atoms with Gasteiger partial charge in [0.1, 0.15) is 6.10 Å². The highest BCUT2D eigenvalue weighted by atomic mass is 16.5. The third kappa shape index (κ3) is 1.89. The Hall–Kier alpha value is -0.810. The number of carbonyl (C=O) groups excluding carboxylic acids is 1. The zero-order chi connectivity index (χ0) is 11.7. The molecule has 92 valence electrons. The van der Waals surface area contributed by atoms with Crippen LogP contribution in [0, 0.1) is 0 Å². The van der Waals surface area contributed by atoms with Crippen LogP contribution in [0.1, 0.15) is 12.8 Å². The molecule has 1 saturated carbocycles. The lowest BCUT2D eigenvalue weighted by atomic mass is 10.1. The van der Waals surface area contributed by atoms with Crippen molar-refractivity contribution in [2.24, 2.45) is 0 Å². The molecule has 1 saturated heterocycles. The number of amides is 2. The van der Waals surface area contributed by atoms with Gasteiger partial charge in [0.25, 0.3) is 0 Å². The normalized spacial score (nSPS) is 33.7. The number of rotatable bonds is 1. The van der Waals surface area contributed by atoms with E-state index in [-0.39, 0.29) is 24.3 Å². The largest absolute Gasteiger partial charge is 0.379 e. The first-order valence-electron chi connectivity index (χ1n) is 5.77. The molecular weight excluding hydrogens is 208 g/mol. The Labute approximate surface area is 96.3 Å². The Kier molecular flexibility index (Phi) is 3.35. The summed E-state index contributed by atoms with van der Waals surface area (Å²) in [5.74, 6) is 0. The number of morpholine rings is 1. The van der Waals surface area contributed by atoms with Crippen LogP contribution in [0.3, 0.4) is 0 Å². The molecule has 0 spiro atoms. The van der Waals surface area contributed by atoms with Gasteiger partial charge in [-0.3, -0.25) is 0 Å². The molecular formula is C11H20N2O3. The molecule has 1 aliphatic carbocycles. The van der Waals surface area contributed by atoms with Crippen molar-refractivity contribution in [2.75, 3.05) is 34.4 Å². The lowest BCUT2D eigenvalue weighted by molar-refractivity contribution is -0.0943. The highest BCUT2D eigenvalue weighted by Gasteiger charge is 2.44. The van der Waals surface area contributed by atoms with Gasteiger partial charge < -0.3 is 19.3 Å². The summed E-state index contributed by atoms with van der Waals surface area (Å²) in [4.78, 5) is 15.5. The molecule has 2 amide bonds. The molecule has 0 aromatic rings. The summed E-state index contributed by atoms with van der Waals surface area (Å²) in [7, 11) is 5.29. The van der Waals surface area contributed by atoms with Gasteiger partial charge in [0.2, 0.25) is 0 Å². The number of urea groups is 1. The molecule has 3 atom stereocenters. The molecule has 0 radical (unpaired) electrons. The fourth-order valence-electron chi connectivity index (χ4n) is 2.66. The third-order valence-corrected chi connectivity index (χ3v) is 3.47. The quantitative estimate of drug-likeness (QED) is 0.658. The second kappa shape index (κ2) is 4.59. The minimum Gasteiger partial charge on any atom is -0.379 e. The minimum atomic E-state index is 0.0580. The third-order valence-electron chi connectivity index (χ3n) is 3.47. The molecule has 1 heterocycles. The van der Waals surface area contributed by atoms with Gasteiger partial charge in [-0.2, -0.15) is 0 Å². The van der Waals surface area contributed by atoms with Crippen molar-refractivity contribution in [3.8, 4) is 0 Å².